The molecule has 1 fully saturated rings. The first kappa shape index (κ1) is 14.7. The zero-order chi connectivity index (χ0) is 12.4. The highest BCUT2D eigenvalue weighted by molar-refractivity contribution is 7.15. The number of aromatic nitrogens is 1. The van der Waals surface area contributed by atoms with Crippen molar-refractivity contribution >= 4 is 34.8 Å². The first-order valence-electron chi connectivity index (χ1n) is 6.41. The van der Waals surface area contributed by atoms with E-state index in [4.69, 9.17) is 4.74 Å². The third kappa shape index (κ3) is 3.45. The molecule has 0 bridgehead atoms. The lowest BCUT2D eigenvalue weighted by molar-refractivity contribution is -0.120. The Hall–Kier alpha value is -0.690. The second kappa shape index (κ2) is 6.65. The molecule has 1 aromatic heterocycles. The lowest BCUT2D eigenvalue weighted by Gasteiger charge is -2.21. The van der Waals surface area contributed by atoms with Crippen molar-refractivity contribution in [3.8, 4) is 0 Å². The van der Waals surface area contributed by atoms with E-state index in [1.165, 1.54) is 11.3 Å². The number of nitrogens with one attached hydrogen (secondary N) is 2. The Balaban J connectivity index is 0.00000133. The van der Waals surface area contributed by atoms with Crippen LogP contribution in [0, 0.1) is 5.92 Å². The molecule has 1 saturated heterocycles. The van der Waals surface area contributed by atoms with Crippen LogP contribution in [0.4, 0.5) is 5.13 Å². The number of amides is 1. The van der Waals surface area contributed by atoms with Crippen LogP contribution >= 0.6 is 23.7 Å². The summed E-state index contributed by atoms with van der Waals surface area (Å²) in [6.07, 6.45) is 2.89. The highest BCUT2D eigenvalue weighted by atomic mass is 35.5. The number of piperidine rings is 1. The fourth-order valence-corrected chi connectivity index (χ4v) is 3.31. The minimum absolute atomic E-state index is 0. The second-order valence-electron chi connectivity index (χ2n) is 4.72. The van der Waals surface area contributed by atoms with Gasteiger partial charge >= 0.3 is 0 Å². The van der Waals surface area contributed by atoms with Gasteiger partial charge in [0.05, 0.1) is 29.7 Å². The zero-order valence-corrected chi connectivity index (χ0v) is 12.2. The van der Waals surface area contributed by atoms with Crippen molar-refractivity contribution in [1.82, 2.24) is 10.3 Å². The van der Waals surface area contributed by atoms with Gasteiger partial charge in [0.15, 0.2) is 5.13 Å². The van der Waals surface area contributed by atoms with Crippen LogP contribution in [-0.2, 0) is 22.6 Å². The molecule has 0 saturated carbocycles. The summed E-state index contributed by atoms with van der Waals surface area (Å²) in [6.45, 7) is 3.16. The van der Waals surface area contributed by atoms with Gasteiger partial charge < -0.3 is 15.4 Å². The van der Waals surface area contributed by atoms with Crippen LogP contribution in [0.25, 0.3) is 0 Å². The van der Waals surface area contributed by atoms with Gasteiger partial charge in [-0.2, -0.15) is 0 Å². The number of rotatable bonds is 2. The molecular formula is C12H18ClN3O2S. The smallest absolute Gasteiger partial charge is 0.230 e. The van der Waals surface area contributed by atoms with E-state index in [9.17, 15) is 4.79 Å². The minimum Gasteiger partial charge on any atom is -0.375 e. The van der Waals surface area contributed by atoms with Crippen molar-refractivity contribution in [2.24, 2.45) is 5.92 Å². The summed E-state index contributed by atoms with van der Waals surface area (Å²) in [5, 5.41) is 6.92. The van der Waals surface area contributed by atoms with E-state index < -0.39 is 0 Å². The normalized spacial score (nSPS) is 22.2. The number of ether oxygens (including phenoxy) is 1. The highest BCUT2D eigenvalue weighted by Gasteiger charge is 2.23. The molecule has 0 aromatic carbocycles. The molecule has 1 atom stereocenters. The number of carbonyl (C=O) groups is 1. The van der Waals surface area contributed by atoms with Gasteiger partial charge in [0.2, 0.25) is 5.91 Å². The quantitative estimate of drug-likeness (QED) is 0.871. The molecule has 5 nitrogen and oxygen atoms in total. The molecule has 19 heavy (non-hydrogen) atoms. The van der Waals surface area contributed by atoms with Gasteiger partial charge in [-0.1, -0.05) is 11.3 Å². The molecule has 3 heterocycles. The van der Waals surface area contributed by atoms with Crippen molar-refractivity contribution in [2.75, 3.05) is 25.0 Å². The third-order valence-electron chi connectivity index (χ3n) is 3.39. The molecule has 106 valence electrons. The second-order valence-corrected chi connectivity index (χ2v) is 5.81. The summed E-state index contributed by atoms with van der Waals surface area (Å²) in [6, 6.07) is 0. The van der Waals surface area contributed by atoms with Crippen LogP contribution in [0.5, 0.6) is 0 Å². The fourth-order valence-electron chi connectivity index (χ4n) is 2.36. The molecule has 1 amide bonds. The zero-order valence-electron chi connectivity index (χ0n) is 10.6. The van der Waals surface area contributed by atoms with Gasteiger partial charge in [0.1, 0.15) is 0 Å². The summed E-state index contributed by atoms with van der Waals surface area (Å²) in [5.41, 5.74) is 1.09. The molecule has 0 aliphatic carbocycles. The summed E-state index contributed by atoms with van der Waals surface area (Å²) in [5.74, 6) is 0.171. The van der Waals surface area contributed by atoms with E-state index in [1.54, 1.807) is 0 Å². The van der Waals surface area contributed by atoms with Crippen LogP contribution in [0.15, 0.2) is 0 Å². The molecular weight excluding hydrogens is 286 g/mol. The van der Waals surface area contributed by atoms with Crippen LogP contribution in [0.2, 0.25) is 0 Å². The average molecular weight is 304 g/mol. The van der Waals surface area contributed by atoms with Gasteiger partial charge in [-0.3, -0.25) is 4.79 Å². The topological polar surface area (TPSA) is 63.2 Å². The Morgan fingerprint density at radius 3 is 3.16 bits per heavy atom. The SMILES string of the molecule is Cl.O=C(Nc1nc2c(s1)COCC2)C1CCCNC1. The minimum atomic E-state index is 0. The number of thiazole rings is 1. The van der Waals surface area contributed by atoms with Crippen LogP contribution < -0.4 is 10.6 Å². The number of nitrogens with zero attached hydrogens (tertiary/aromatic N) is 1. The fraction of sp³-hybridized carbons (Fsp3) is 0.667. The number of halogens is 1. The molecule has 7 heteroatoms. The van der Waals surface area contributed by atoms with Crippen molar-refractivity contribution in [1.29, 1.82) is 0 Å². The Labute approximate surface area is 122 Å². The molecule has 1 unspecified atom stereocenters. The summed E-state index contributed by atoms with van der Waals surface area (Å²) >= 11 is 1.54. The number of fused-ring (bicyclic) bond motifs is 1. The van der Waals surface area contributed by atoms with Crippen LogP contribution in [0.3, 0.4) is 0 Å². The molecule has 3 rings (SSSR count). The van der Waals surface area contributed by atoms with Gasteiger partial charge in [0, 0.05) is 13.0 Å². The van der Waals surface area contributed by atoms with Gasteiger partial charge in [-0.15, -0.1) is 12.4 Å². The molecule has 2 aliphatic heterocycles. The summed E-state index contributed by atoms with van der Waals surface area (Å²) in [4.78, 5) is 17.7. The van der Waals surface area contributed by atoms with Crippen molar-refractivity contribution in [3.63, 3.8) is 0 Å². The third-order valence-corrected chi connectivity index (χ3v) is 4.38. The highest BCUT2D eigenvalue weighted by Crippen LogP contribution is 2.27. The largest absolute Gasteiger partial charge is 0.375 e. The molecule has 0 radical (unpaired) electrons. The molecule has 2 N–H and O–H groups in total. The summed E-state index contributed by atoms with van der Waals surface area (Å²) < 4.78 is 5.38. The number of hydrogen-bond acceptors (Lipinski definition) is 5. The Kier molecular flexibility index (Phi) is 5.15. The number of carbonyl (C=O) groups excluding carboxylic acids is 1. The lowest BCUT2D eigenvalue weighted by atomic mass is 9.99. The molecule has 2 aliphatic rings. The maximum absolute atomic E-state index is 12.1. The van der Waals surface area contributed by atoms with E-state index in [1.807, 2.05) is 0 Å². The van der Waals surface area contributed by atoms with Gasteiger partial charge in [-0.05, 0) is 19.4 Å². The van der Waals surface area contributed by atoms with Crippen molar-refractivity contribution in [2.45, 2.75) is 25.9 Å². The maximum Gasteiger partial charge on any atom is 0.230 e. The van der Waals surface area contributed by atoms with E-state index in [0.717, 1.165) is 54.7 Å². The van der Waals surface area contributed by atoms with Crippen LogP contribution in [0.1, 0.15) is 23.4 Å². The first-order chi connectivity index (χ1) is 8.83. The maximum atomic E-state index is 12.1. The van der Waals surface area contributed by atoms with Crippen molar-refractivity contribution < 1.29 is 9.53 Å². The van der Waals surface area contributed by atoms with E-state index in [0.29, 0.717) is 6.61 Å². The average Bonchev–Trinajstić information content (AvgIpc) is 2.82. The number of anilines is 1. The monoisotopic (exact) mass is 303 g/mol. The number of hydrogen-bond donors (Lipinski definition) is 2. The molecule has 1 aromatic rings. The Bertz CT molecular complexity index is 423. The van der Waals surface area contributed by atoms with E-state index in [-0.39, 0.29) is 24.2 Å². The van der Waals surface area contributed by atoms with E-state index in [2.05, 4.69) is 15.6 Å². The van der Waals surface area contributed by atoms with Gasteiger partial charge in [0.25, 0.3) is 0 Å². The Morgan fingerprint density at radius 1 is 1.53 bits per heavy atom. The van der Waals surface area contributed by atoms with Gasteiger partial charge in [-0.25, -0.2) is 4.98 Å². The van der Waals surface area contributed by atoms with Crippen LogP contribution in [-0.4, -0.2) is 30.6 Å². The first-order valence-corrected chi connectivity index (χ1v) is 7.22. The standard InChI is InChI=1S/C12H17N3O2S.ClH/c16-11(8-2-1-4-13-6-8)15-12-14-9-3-5-17-7-10(9)18-12;/h8,13H,1-7H2,(H,14,15,16);1H. The summed E-state index contributed by atoms with van der Waals surface area (Å²) in [7, 11) is 0. The predicted molar refractivity (Wildman–Crippen MR) is 76.9 cm³/mol. The predicted octanol–water partition coefficient (Wildman–Crippen LogP) is 1.58. The van der Waals surface area contributed by atoms with E-state index >= 15 is 0 Å². The van der Waals surface area contributed by atoms with Crippen molar-refractivity contribution in [3.05, 3.63) is 10.6 Å². The lowest BCUT2D eigenvalue weighted by Crippen LogP contribution is -2.37. The Morgan fingerprint density at radius 2 is 2.42 bits per heavy atom. The molecule has 0 spiro atoms.